The van der Waals surface area contributed by atoms with E-state index >= 15 is 4.39 Å². The molecule has 0 saturated heterocycles. The smallest absolute Gasteiger partial charge is 0.250 e. The van der Waals surface area contributed by atoms with Crippen LogP contribution in [0.3, 0.4) is 0 Å². The molecule has 0 aliphatic carbocycles. The van der Waals surface area contributed by atoms with Gasteiger partial charge in [-0.25, -0.2) is 4.39 Å². The number of nitrogens with zero attached hydrogens (tertiary/aromatic N) is 3. The van der Waals surface area contributed by atoms with Gasteiger partial charge in [-0.1, -0.05) is 31.2 Å². The van der Waals surface area contributed by atoms with Crippen LogP contribution in [-0.2, 0) is 12.6 Å². The lowest BCUT2D eigenvalue weighted by Gasteiger charge is -2.30. The number of nitriles is 1. The molecule has 0 amide bonds. The van der Waals surface area contributed by atoms with Gasteiger partial charge in [0.1, 0.15) is 17.6 Å². The highest BCUT2D eigenvalue weighted by Crippen LogP contribution is 2.35. The third-order valence-electron chi connectivity index (χ3n) is 5.93. The van der Waals surface area contributed by atoms with E-state index in [2.05, 4.69) is 6.58 Å². The van der Waals surface area contributed by atoms with Crippen LogP contribution in [0.5, 0.6) is 0 Å². The molecule has 0 bridgehead atoms. The Balaban J connectivity index is 2.46. The third kappa shape index (κ3) is 6.08. The maximum Gasteiger partial charge on any atom is 0.250 e. The number of aryl methyl sites for hydroxylation is 1. The maximum atomic E-state index is 15.3. The van der Waals surface area contributed by atoms with Crippen molar-refractivity contribution in [3.05, 3.63) is 105 Å². The lowest BCUT2D eigenvalue weighted by Crippen LogP contribution is -2.31. The van der Waals surface area contributed by atoms with E-state index in [1.165, 1.54) is 33.9 Å². The van der Waals surface area contributed by atoms with Crippen LogP contribution in [0, 0.1) is 17.1 Å². The van der Waals surface area contributed by atoms with Gasteiger partial charge in [0.05, 0.1) is 11.6 Å². The van der Waals surface area contributed by atoms with E-state index in [9.17, 15) is 19.8 Å². The van der Waals surface area contributed by atoms with E-state index in [1.807, 2.05) is 6.07 Å². The molecule has 0 aliphatic rings. The number of carbonyl (C=O) groups is 1. The normalized spacial score (nSPS) is 14.8. The van der Waals surface area contributed by atoms with Gasteiger partial charge < -0.3 is 14.8 Å². The Hall–Kier alpha value is -3.64. The number of hydrogen-bond donors (Lipinski definition) is 2. The summed E-state index contributed by atoms with van der Waals surface area (Å²) in [6.45, 7) is 7.23. The largest absolute Gasteiger partial charge is 0.380 e. The molecule has 1 aromatic heterocycles. The summed E-state index contributed by atoms with van der Waals surface area (Å²) in [5, 5.41) is 31.2. The zero-order valence-electron chi connectivity index (χ0n) is 20.3. The van der Waals surface area contributed by atoms with Crippen LogP contribution in [0.1, 0.15) is 53.5 Å². The van der Waals surface area contributed by atoms with Gasteiger partial charge in [-0.2, -0.15) is 5.26 Å². The van der Waals surface area contributed by atoms with Crippen molar-refractivity contribution in [2.45, 2.75) is 32.1 Å². The third-order valence-corrected chi connectivity index (χ3v) is 5.93. The average Bonchev–Trinajstić information content (AvgIpc) is 2.84. The van der Waals surface area contributed by atoms with Crippen LogP contribution in [-0.4, -0.2) is 39.6 Å². The van der Waals surface area contributed by atoms with E-state index in [0.29, 0.717) is 11.9 Å². The SMILES string of the molecule is C=C/C(C#N)=C\C=C(/C)CN(C)C(O)c1c(F)cc(C(O)(CC)c2ccn(C)c(=O)c2)cc1C=O. The minimum absolute atomic E-state index is 0.0983. The first-order valence-electron chi connectivity index (χ1n) is 11.0. The number of aromatic nitrogens is 1. The molecule has 0 aliphatic heterocycles. The summed E-state index contributed by atoms with van der Waals surface area (Å²) >= 11 is 0. The van der Waals surface area contributed by atoms with Gasteiger partial charge in [0.15, 0.2) is 6.29 Å². The van der Waals surface area contributed by atoms with Crippen molar-refractivity contribution in [1.82, 2.24) is 9.47 Å². The summed E-state index contributed by atoms with van der Waals surface area (Å²) in [7, 11) is 3.14. The molecule has 8 heteroatoms. The molecule has 1 aromatic carbocycles. The molecule has 0 spiro atoms. The summed E-state index contributed by atoms with van der Waals surface area (Å²) in [5.74, 6) is -0.861. The molecular weight excluding hydrogens is 449 g/mol. The quantitative estimate of drug-likeness (QED) is 0.234. The van der Waals surface area contributed by atoms with E-state index in [0.717, 1.165) is 11.6 Å². The summed E-state index contributed by atoms with van der Waals surface area (Å²) < 4.78 is 16.7. The first-order valence-corrected chi connectivity index (χ1v) is 11.0. The number of halogens is 1. The molecule has 0 radical (unpaired) electrons. The molecule has 2 N–H and O–H groups in total. The first kappa shape index (κ1) is 27.6. The topological polar surface area (TPSA) is 107 Å². The van der Waals surface area contributed by atoms with Gasteiger partial charge in [-0.15, -0.1) is 0 Å². The fourth-order valence-corrected chi connectivity index (χ4v) is 3.76. The molecule has 0 fully saturated rings. The summed E-state index contributed by atoms with van der Waals surface area (Å²) in [4.78, 5) is 25.4. The highest BCUT2D eigenvalue weighted by atomic mass is 19.1. The number of hydrogen-bond acceptors (Lipinski definition) is 6. The second kappa shape index (κ2) is 11.7. The lowest BCUT2D eigenvalue weighted by atomic mass is 9.83. The van der Waals surface area contributed by atoms with Crippen molar-refractivity contribution in [2.24, 2.45) is 7.05 Å². The van der Waals surface area contributed by atoms with Crippen LogP contribution in [0.25, 0.3) is 0 Å². The molecule has 7 nitrogen and oxygen atoms in total. The van der Waals surface area contributed by atoms with Crippen molar-refractivity contribution in [2.75, 3.05) is 13.6 Å². The number of aldehydes is 1. The number of likely N-dealkylation sites (N-methyl/N-ethyl adjacent to an activating group) is 1. The minimum atomic E-state index is -1.71. The molecule has 0 saturated carbocycles. The molecule has 184 valence electrons. The van der Waals surface area contributed by atoms with Crippen molar-refractivity contribution < 1.29 is 19.4 Å². The van der Waals surface area contributed by atoms with Gasteiger partial charge in [0.2, 0.25) is 0 Å². The Labute approximate surface area is 204 Å². The van der Waals surface area contributed by atoms with E-state index in [4.69, 9.17) is 5.26 Å². The Kier molecular flexibility index (Phi) is 9.20. The molecule has 2 aromatic rings. The fourth-order valence-electron chi connectivity index (χ4n) is 3.76. The standard InChI is InChI=1S/C27H30FN3O4/c1-6-19(15-29)9-8-18(3)16-31(5)26(34)25-20(17-32)12-22(13-23(25)28)27(35,7-2)21-10-11-30(4)24(33)14-21/h6,8-14,17,26,34-35H,1,7,16H2,2-5H3/b18-8+,19-9+. The van der Waals surface area contributed by atoms with Crippen LogP contribution in [0.15, 0.2) is 71.2 Å². The Morgan fingerprint density at radius 3 is 2.57 bits per heavy atom. The van der Waals surface area contributed by atoms with Crippen molar-refractivity contribution >= 4 is 6.29 Å². The summed E-state index contributed by atoms with van der Waals surface area (Å²) in [6.07, 6.45) is 5.28. The van der Waals surface area contributed by atoms with Crippen LogP contribution in [0.4, 0.5) is 4.39 Å². The average molecular weight is 480 g/mol. The highest BCUT2D eigenvalue weighted by Gasteiger charge is 2.33. The molecule has 2 rings (SSSR count). The van der Waals surface area contributed by atoms with Crippen molar-refractivity contribution in [1.29, 1.82) is 5.26 Å². The zero-order chi connectivity index (χ0) is 26.3. The predicted octanol–water partition coefficient (Wildman–Crippen LogP) is 3.49. The van der Waals surface area contributed by atoms with Gasteiger partial charge >= 0.3 is 0 Å². The second-order valence-corrected chi connectivity index (χ2v) is 8.40. The number of rotatable bonds is 10. The van der Waals surface area contributed by atoms with E-state index < -0.39 is 17.6 Å². The monoisotopic (exact) mass is 479 g/mol. The number of carbonyl (C=O) groups excluding carboxylic acids is 1. The molecule has 1 heterocycles. The van der Waals surface area contributed by atoms with Gasteiger partial charge in [-0.05, 0) is 55.8 Å². The van der Waals surface area contributed by atoms with Crippen LogP contribution >= 0.6 is 0 Å². The summed E-state index contributed by atoms with van der Waals surface area (Å²) in [5.41, 5.74) is -0.871. The number of aliphatic hydroxyl groups is 2. The fraction of sp³-hybridized carbons (Fsp3) is 0.296. The van der Waals surface area contributed by atoms with Crippen molar-refractivity contribution in [3.8, 4) is 6.07 Å². The number of aliphatic hydroxyl groups excluding tert-OH is 1. The number of allylic oxidation sites excluding steroid dienone is 4. The van der Waals surface area contributed by atoms with Gasteiger partial charge in [0, 0.05) is 37.0 Å². The number of benzene rings is 1. The minimum Gasteiger partial charge on any atom is -0.380 e. The van der Waals surface area contributed by atoms with E-state index in [1.54, 1.807) is 46.2 Å². The molecular formula is C27H30FN3O4. The first-order chi connectivity index (χ1) is 16.5. The van der Waals surface area contributed by atoms with Crippen molar-refractivity contribution in [3.63, 3.8) is 0 Å². The van der Waals surface area contributed by atoms with Gasteiger partial charge in [0.25, 0.3) is 5.56 Å². The summed E-state index contributed by atoms with van der Waals surface area (Å²) in [6, 6.07) is 7.22. The molecule has 2 atom stereocenters. The number of pyridine rings is 1. The predicted molar refractivity (Wildman–Crippen MR) is 132 cm³/mol. The zero-order valence-corrected chi connectivity index (χ0v) is 20.3. The maximum absolute atomic E-state index is 15.3. The second-order valence-electron chi connectivity index (χ2n) is 8.40. The Morgan fingerprint density at radius 1 is 1.34 bits per heavy atom. The Morgan fingerprint density at radius 2 is 2.03 bits per heavy atom. The van der Waals surface area contributed by atoms with Gasteiger partial charge in [-0.3, -0.25) is 14.5 Å². The van der Waals surface area contributed by atoms with Crippen LogP contribution in [0.2, 0.25) is 0 Å². The molecule has 35 heavy (non-hydrogen) atoms. The lowest BCUT2D eigenvalue weighted by molar-refractivity contribution is 0.0234. The van der Waals surface area contributed by atoms with E-state index in [-0.39, 0.29) is 40.8 Å². The van der Waals surface area contributed by atoms with Crippen LogP contribution < -0.4 is 5.56 Å². The Bertz CT molecular complexity index is 1270. The highest BCUT2D eigenvalue weighted by molar-refractivity contribution is 5.78. The molecule has 2 unspecified atom stereocenters.